The molecule has 0 saturated carbocycles. The van der Waals surface area contributed by atoms with Crippen LogP contribution in [0.5, 0.6) is 0 Å². The van der Waals surface area contributed by atoms with Gasteiger partial charge in [-0.2, -0.15) is 0 Å². The Morgan fingerprint density at radius 1 is 1.00 bits per heavy atom. The fourth-order valence-electron chi connectivity index (χ4n) is 3.88. The number of hydrogen-bond acceptors (Lipinski definition) is 2. The smallest absolute Gasteiger partial charge is 0.223 e. The van der Waals surface area contributed by atoms with Gasteiger partial charge in [0.05, 0.1) is 0 Å². The predicted molar refractivity (Wildman–Crippen MR) is 109 cm³/mol. The monoisotopic (exact) mass is 372 g/mol. The number of hydrogen-bond donors (Lipinski definition) is 1. The molecule has 140 valence electrons. The summed E-state index contributed by atoms with van der Waals surface area (Å²) in [6.07, 6.45) is 4.59. The average Bonchev–Trinajstić information content (AvgIpc) is 3.12. The number of rotatable bonds is 7. The molecule has 1 aliphatic heterocycles. The fraction of sp³-hybridized carbons (Fsp3) is 0.409. The van der Waals surface area contributed by atoms with Crippen LogP contribution in [0.4, 0.5) is 0 Å². The molecule has 3 nitrogen and oxygen atoms in total. The van der Waals surface area contributed by atoms with E-state index in [1.807, 2.05) is 17.0 Å². The van der Waals surface area contributed by atoms with Crippen LogP contribution in [0, 0.1) is 5.92 Å². The van der Waals surface area contributed by atoms with Crippen molar-refractivity contribution in [3.05, 3.63) is 71.8 Å². The van der Waals surface area contributed by atoms with Crippen molar-refractivity contribution < 1.29 is 4.79 Å². The van der Waals surface area contributed by atoms with Gasteiger partial charge in [0.25, 0.3) is 0 Å². The van der Waals surface area contributed by atoms with E-state index in [0.717, 1.165) is 32.2 Å². The van der Waals surface area contributed by atoms with Crippen molar-refractivity contribution in [2.75, 3.05) is 13.1 Å². The van der Waals surface area contributed by atoms with Crippen molar-refractivity contribution in [2.24, 2.45) is 11.7 Å². The standard InChI is InChI=1S/C22H28N2O.ClH/c23-17-21-12-7-13-24(21)22(25)16-20(14-18-8-3-1-4-9-18)15-19-10-5-2-6-11-19;/h1-6,8-11,20-21H,7,12-17,23H2;1H. The molecule has 0 bridgehead atoms. The highest BCUT2D eigenvalue weighted by molar-refractivity contribution is 5.85. The third-order valence-corrected chi connectivity index (χ3v) is 5.17. The molecule has 1 unspecified atom stereocenters. The first-order valence-corrected chi connectivity index (χ1v) is 9.33. The van der Waals surface area contributed by atoms with Crippen LogP contribution in [0.25, 0.3) is 0 Å². The molecule has 4 heteroatoms. The van der Waals surface area contributed by atoms with Crippen molar-refractivity contribution >= 4 is 18.3 Å². The van der Waals surface area contributed by atoms with Crippen LogP contribution >= 0.6 is 12.4 Å². The van der Waals surface area contributed by atoms with Gasteiger partial charge < -0.3 is 10.6 Å². The third-order valence-electron chi connectivity index (χ3n) is 5.17. The number of amides is 1. The number of nitrogens with zero attached hydrogens (tertiary/aromatic N) is 1. The summed E-state index contributed by atoms with van der Waals surface area (Å²) < 4.78 is 0. The number of carbonyl (C=O) groups excluding carboxylic acids is 1. The zero-order chi connectivity index (χ0) is 17.5. The number of nitrogens with two attached hydrogens (primary N) is 1. The molecule has 2 aromatic carbocycles. The van der Waals surface area contributed by atoms with Gasteiger partial charge in [0.1, 0.15) is 0 Å². The van der Waals surface area contributed by atoms with E-state index in [-0.39, 0.29) is 24.4 Å². The van der Waals surface area contributed by atoms with Crippen molar-refractivity contribution in [2.45, 2.75) is 38.1 Å². The molecule has 1 atom stereocenters. The van der Waals surface area contributed by atoms with E-state index in [1.165, 1.54) is 11.1 Å². The average molecular weight is 373 g/mol. The maximum atomic E-state index is 12.9. The fourth-order valence-corrected chi connectivity index (χ4v) is 3.88. The third kappa shape index (κ3) is 5.58. The summed E-state index contributed by atoms with van der Waals surface area (Å²) in [5.74, 6) is 0.584. The lowest BCUT2D eigenvalue weighted by atomic mass is 9.89. The van der Waals surface area contributed by atoms with Gasteiger partial charge in [0.15, 0.2) is 0 Å². The molecule has 1 aliphatic rings. The molecular weight excluding hydrogens is 344 g/mol. The maximum Gasteiger partial charge on any atom is 0.223 e. The number of benzene rings is 2. The lowest BCUT2D eigenvalue weighted by molar-refractivity contribution is -0.132. The zero-order valence-electron chi connectivity index (χ0n) is 15.2. The minimum absolute atomic E-state index is 0. The van der Waals surface area contributed by atoms with E-state index in [4.69, 9.17) is 5.73 Å². The van der Waals surface area contributed by atoms with Crippen LogP contribution in [0.1, 0.15) is 30.4 Å². The van der Waals surface area contributed by atoms with Gasteiger partial charge in [-0.25, -0.2) is 0 Å². The minimum atomic E-state index is 0. The highest BCUT2D eigenvalue weighted by Gasteiger charge is 2.29. The second-order valence-electron chi connectivity index (χ2n) is 7.07. The van der Waals surface area contributed by atoms with E-state index in [0.29, 0.717) is 18.9 Å². The summed E-state index contributed by atoms with van der Waals surface area (Å²) >= 11 is 0. The van der Waals surface area contributed by atoms with Gasteiger partial charge in [-0.1, -0.05) is 60.7 Å². The summed E-state index contributed by atoms with van der Waals surface area (Å²) in [6.45, 7) is 1.44. The Kier molecular flexibility index (Phi) is 8.14. The van der Waals surface area contributed by atoms with Gasteiger partial charge in [0.2, 0.25) is 5.91 Å². The summed E-state index contributed by atoms with van der Waals surface area (Å²) in [5, 5.41) is 0. The van der Waals surface area contributed by atoms with Crippen LogP contribution < -0.4 is 5.73 Å². The van der Waals surface area contributed by atoms with Gasteiger partial charge in [0, 0.05) is 25.6 Å². The van der Waals surface area contributed by atoms with E-state index in [9.17, 15) is 4.79 Å². The summed E-state index contributed by atoms with van der Waals surface area (Å²) in [6, 6.07) is 21.2. The van der Waals surface area contributed by atoms with E-state index in [2.05, 4.69) is 48.5 Å². The normalized spacial score (nSPS) is 16.5. The Hall–Kier alpha value is -1.84. The molecule has 1 saturated heterocycles. The topological polar surface area (TPSA) is 46.3 Å². The molecule has 0 radical (unpaired) electrons. The Bertz CT molecular complexity index is 621. The van der Waals surface area contributed by atoms with Crippen LogP contribution in [0.2, 0.25) is 0 Å². The van der Waals surface area contributed by atoms with Crippen molar-refractivity contribution in [3.8, 4) is 0 Å². The second-order valence-corrected chi connectivity index (χ2v) is 7.07. The Morgan fingerprint density at radius 3 is 2.04 bits per heavy atom. The molecule has 1 fully saturated rings. The number of halogens is 1. The summed E-state index contributed by atoms with van der Waals surface area (Å²) in [5.41, 5.74) is 8.44. The molecule has 2 N–H and O–H groups in total. The first-order chi connectivity index (χ1) is 12.3. The van der Waals surface area contributed by atoms with Crippen molar-refractivity contribution in [3.63, 3.8) is 0 Å². The lowest BCUT2D eigenvalue weighted by Gasteiger charge is -2.26. The molecular formula is C22H29ClN2O. The molecule has 0 spiro atoms. The quantitative estimate of drug-likeness (QED) is 0.802. The zero-order valence-corrected chi connectivity index (χ0v) is 16.0. The molecule has 1 amide bonds. The summed E-state index contributed by atoms with van der Waals surface area (Å²) in [4.78, 5) is 14.9. The first-order valence-electron chi connectivity index (χ1n) is 9.33. The molecule has 3 rings (SSSR count). The number of likely N-dealkylation sites (tertiary alicyclic amines) is 1. The SMILES string of the molecule is Cl.NCC1CCCN1C(=O)CC(Cc1ccccc1)Cc1ccccc1. The second kappa shape index (κ2) is 10.3. The van der Waals surface area contributed by atoms with E-state index < -0.39 is 0 Å². The minimum Gasteiger partial charge on any atom is -0.338 e. The van der Waals surface area contributed by atoms with Gasteiger partial charge in [-0.15, -0.1) is 12.4 Å². The molecule has 26 heavy (non-hydrogen) atoms. The lowest BCUT2D eigenvalue weighted by Crippen LogP contribution is -2.40. The Morgan fingerprint density at radius 2 is 1.54 bits per heavy atom. The van der Waals surface area contributed by atoms with Gasteiger partial charge in [-0.3, -0.25) is 4.79 Å². The highest BCUT2D eigenvalue weighted by atomic mass is 35.5. The molecule has 2 aromatic rings. The van der Waals surface area contributed by atoms with Crippen LogP contribution in [0.3, 0.4) is 0 Å². The Balaban J connectivity index is 0.00000243. The van der Waals surface area contributed by atoms with Crippen LogP contribution in [-0.4, -0.2) is 29.9 Å². The Labute approximate surface area is 163 Å². The van der Waals surface area contributed by atoms with Crippen LogP contribution in [-0.2, 0) is 17.6 Å². The highest BCUT2D eigenvalue weighted by Crippen LogP contribution is 2.23. The molecule has 0 aliphatic carbocycles. The number of carbonyl (C=O) groups is 1. The van der Waals surface area contributed by atoms with Crippen molar-refractivity contribution in [1.82, 2.24) is 4.90 Å². The van der Waals surface area contributed by atoms with Crippen molar-refractivity contribution in [1.29, 1.82) is 0 Å². The largest absolute Gasteiger partial charge is 0.338 e. The van der Waals surface area contributed by atoms with Gasteiger partial charge in [-0.05, 0) is 42.7 Å². The molecule has 0 aromatic heterocycles. The van der Waals surface area contributed by atoms with Crippen LogP contribution in [0.15, 0.2) is 60.7 Å². The first kappa shape index (κ1) is 20.5. The summed E-state index contributed by atoms with van der Waals surface area (Å²) in [7, 11) is 0. The van der Waals surface area contributed by atoms with E-state index in [1.54, 1.807) is 0 Å². The maximum absolute atomic E-state index is 12.9. The van der Waals surface area contributed by atoms with Gasteiger partial charge >= 0.3 is 0 Å². The molecule has 1 heterocycles. The predicted octanol–water partition coefficient (Wildman–Crippen LogP) is 3.85. The van der Waals surface area contributed by atoms with E-state index >= 15 is 0 Å².